The normalized spacial score (nSPS) is 17.5. The van der Waals surface area contributed by atoms with E-state index in [9.17, 15) is 0 Å². The van der Waals surface area contributed by atoms with Gasteiger partial charge in [0.1, 0.15) is 0 Å². The summed E-state index contributed by atoms with van der Waals surface area (Å²) >= 11 is 6.14. The van der Waals surface area contributed by atoms with Crippen molar-refractivity contribution in [3.63, 3.8) is 0 Å². The average molecular weight is 363 g/mol. The molecule has 1 aliphatic rings. The van der Waals surface area contributed by atoms with E-state index in [2.05, 4.69) is 59.1 Å². The van der Waals surface area contributed by atoms with E-state index < -0.39 is 0 Å². The minimum Gasteiger partial charge on any atom is -0.369 e. The van der Waals surface area contributed by atoms with E-state index in [-0.39, 0.29) is 12.1 Å². The Morgan fingerprint density at radius 3 is 2.36 bits per heavy atom. The number of halogens is 1. The molecule has 0 amide bonds. The molecule has 0 radical (unpaired) electrons. The number of hydrogen-bond donors (Lipinski definition) is 0. The Morgan fingerprint density at radius 1 is 1.04 bits per heavy atom. The van der Waals surface area contributed by atoms with Crippen molar-refractivity contribution < 1.29 is 0 Å². The molecule has 1 aromatic heterocycles. The maximum Gasteiger partial charge on any atom is 0.168 e. The summed E-state index contributed by atoms with van der Waals surface area (Å²) in [5, 5.41) is 13.3. The zero-order chi connectivity index (χ0) is 18.0. The molecule has 3 rings (SSSR count). The fraction of sp³-hybridized carbons (Fsp3) is 0.611. The van der Waals surface area contributed by atoms with E-state index in [1.807, 2.05) is 22.9 Å². The highest BCUT2D eigenvalue weighted by Gasteiger charge is 2.31. The fourth-order valence-corrected chi connectivity index (χ4v) is 3.76. The molecule has 2 aromatic rings. The first-order chi connectivity index (χ1) is 12.0. The number of aromatic nitrogens is 4. The van der Waals surface area contributed by atoms with Crippen LogP contribution < -0.4 is 4.90 Å². The molecule has 1 aliphatic heterocycles. The molecule has 0 spiro atoms. The molecular weight excluding hydrogens is 336 g/mol. The van der Waals surface area contributed by atoms with E-state index >= 15 is 0 Å². The maximum absolute atomic E-state index is 6.14. The third kappa shape index (κ3) is 3.96. The van der Waals surface area contributed by atoms with Crippen molar-refractivity contribution in [2.45, 2.75) is 39.8 Å². The van der Waals surface area contributed by atoms with Crippen LogP contribution in [-0.4, -0.2) is 51.3 Å². The van der Waals surface area contributed by atoms with Gasteiger partial charge >= 0.3 is 0 Å². The Kier molecular flexibility index (Phi) is 5.59. The molecule has 0 saturated carbocycles. The predicted octanol–water partition coefficient (Wildman–Crippen LogP) is 3.43. The summed E-state index contributed by atoms with van der Waals surface area (Å²) in [5.74, 6) is 1.42. The highest BCUT2D eigenvalue weighted by molar-refractivity contribution is 6.30. The van der Waals surface area contributed by atoms with E-state index in [1.165, 1.54) is 5.69 Å². The number of nitrogens with zero attached hydrogens (tertiary/aromatic N) is 6. The smallest absolute Gasteiger partial charge is 0.168 e. The molecule has 136 valence electrons. The lowest BCUT2D eigenvalue weighted by molar-refractivity contribution is 0.133. The molecule has 1 fully saturated rings. The summed E-state index contributed by atoms with van der Waals surface area (Å²) in [6, 6.07) is 8.59. The second kappa shape index (κ2) is 7.70. The molecule has 0 bridgehead atoms. The van der Waals surface area contributed by atoms with Gasteiger partial charge in [-0.2, -0.15) is 0 Å². The topological polar surface area (TPSA) is 50.1 Å². The van der Waals surface area contributed by atoms with Crippen LogP contribution in [0.2, 0.25) is 5.02 Å². The minimum absolute atomic E-state index is 0.235. The van der Waals surface area contributed by atoms with Gasteiger partial charge in [0.05, 0.1) is 12.1 Å². The van der Waals surface area contributed by atoms with Crippen molar-refractivity contribution in [3.8, 4) is 0 Å². The third-order valence-corrected chi connectivity index (χ3v) is 5.02. The summed E-state index contributed by atoms with van der Waals surface area (Å²) in [4.78, 5) is 4.90. The molecule has 1 saturated heterocycles. The van der Waals surface area contributed by atoms with Crippen molar-refractivity contribution in [2.75, 3.05) is 31.1 Å². The van der Waals surface area contributed by atoms with Gasteiger partial charge in [-0.25, -0.2) is 4.68 Å². The van der Waals surface area contributed by atoms with E-state index in [1.54, 1.807) is 0 Å². The Balaban J connectivity index is 1.74. The number of benzene rings is 1. The minimum atomic E-state index is 0.235. The highest BCUT2D eigenvalue weighted by Crippen LogP contribution is 2.30. The number of anilines is 1. The molecule has 0 aliphatic carbocycles. The van der Waals surface area contributed by atoms with Crippen molar-refractivity contribution >= 4 is 17.3 Å². The van der Waals surface area contributed by atoms with Crippen LogP contribution in [0.1, 0.15) is 45.6 Å². The van der Waals surface area contributed by atoms with Crippen LogP contribution in [0.15, 0.2) is 24.3 Å². The lowest BCUT2D eigenvalue weighted by atomic mass is 10.0. The van der Waals surface area contributed by atoms with Crippen molar-refractivity contribution in [1.82, 2.24) is 25.1 Å². The van der Waals surface area contributed by atoms with E-state index in [0.29, 0.717) is 5.92 Å². The molecule has 1 aromatic carbocycles. The van der Waals surface area contributed by atoms with Gasteiger partial charge in [0.25, 0.3) is 0 Å². The SMILES string of the molecule is CC(C)C(c1nnnn1C(C)C)N1CCN(c2cccc(Cl)c2)CC1. The number of piperazine rings is 1. The standard InChI is InChI=1S/C18H27ClN6/c1-13(2)17(18-20-21-22-25(18)14(3)4)24-10-8-23(9-11-24)16-7-5-6-15(19)12-16/h5-7,12-14,17H,8-11H2,1-4H3. The quantitative estimate of drug-likeness (QED) is 0.815. The Hall–Kier alpha value is -1.66. The van der Waals surface area contributed by atoms with Gasteiger partial charge in [0, 0.05) is 36.9 Å². The first kappa shape index (κ1) is 18.1. The zero-order valence-corrected chi connectivity index (χ0v) is 16.2. The summed E-state index contributed by atoms with van der Waals surface area (Å²) < 4.78 is 1.95. The lowest BCUT2D eigenvalue weighted by Crippen LogP contribution is -2.49. The van der Waals surface area contributed by atoms with Crippen LogP contribution >= 0.6 is 11.6 Å². The molecule has 1 unspecified atom stereocenters. The van der Waals surface area contributed by atoms with Gasteiger partial charge in [-0.05, 0) is 48.4 Å². The molecule has 25 heavy (non-hydrogen) atoms. The van der Waals surface area contributed by atoms with E-state index in [4.69, 9.17) is 11.6 Å². The monoisotopic (exact) mass is 362 g/mol. The number of hydrogen-bond acceptors (Lipinski definition) is 5. The molecule has 0 N–H and O–H groups in total. The van der Waals surface area contributed by atoms with Crippen LogP contribution in [0.4, 0.5) is 5.69 Å². The molecule has 2 heterocycles. The zero-order valence-electron chi connectivity index (χ0n) is 15.4. The van der Waals surface area contributed by atoms with Crippen molar-refractivity contribution in [1.29, 1.82) is 0 Å². The molecule has 1 atom stereocenters. The summed E-state index contributed by atoms with van der Waals surface area (Å²) in [6.07, 6.45) is 0. The first-order valence-electron chi connectivity index (χ1n) is 8.99. The van der Waals surface area contributed by atoms with Crippen LogP contribution in [0.3, 0.4) is 0 Å². The highest BCUT2D eigenvalue weighted by atomic mass is 35.5. The van der Waals surface area contributed by atoms with Gasteiger partial charge in [-0.15, -0.1) is 5.10 Å². The van der Waals surface area contributed by atoms with Gasteiger partial charge in [0.15, 0.2) is 5.82 Å². The van der Waals surface area contributed by atoms with Gasteiger partial charge < -0.3 is 4.90 Å². The van der Waals surface area contributed by atoms with Crippen LogP contribution in [0.5, 0.6) is 0 Å². The summed E-state index contributed by atoms with van der Waals surface area (Å²) in [5.41, 5.74) is 1.19. The molecule has 7 heteroatoms. The van der Waals surface area contributed by atoms with Crippen LogP contribution in [-0.2, 0) is 0 Å². The fourth-order valence-electron chi connectivity index (χ4n) is 3.58. The summed E-state index contributed by atoms with van der Waals surface area (Å²) in [7, 11) is 0. The van der Waals surface area contributed by atoms with Gasteiger partial charge in [-0.1, -0.05) is 31.5 Å². The maximum atomic E-state index is 6.14. The average Bonchev–Trinajstić information content (AvgIpc) is 3.05. The van der Waals surface area contributed by atoms with Crippen LogP contribution in [0.25, 0.3) is 0 Å². The van der Waals surface area contributed by atoms with Gasteiger partial charge in [-0.3, -0.25) is 4.90 Å². The summed E-state index contributed by atoms with van der Waals surface area (Å²) in [6.45, 7) is 12.7. The Labute approximate surface area is 154 Å². The Morgan fingerprint density at radius 2 is 1.76 bits per heavy atom. The molecular formula is C18H27ClN6. The second-order valence-corrected chi connectivity index (χ2v) is 7.70. The lowest BCUT2D eigenvalue weighted by Gasteiger charge is -2.41. The van der Waals surface area contributed by atoms with Crippen molar-refractivity contribution in [3.05, 3.63) is 35.1 Å². The largest absolute Gasteiger partial charge is 0.369 e. The third-order valence-electron chi connectivity index (χ3n) is 4.78. The number of tetrazole rings is 1. The van der Waals surface area contributed by atoms with E-state index in [0.717, 1.165) is 37.0 Å². The van der Waals surface area contributed by atoms with Crippen molar-refractivity contribution in [2.24, 2.45) is 5.92 Å². The van der Waals surface area contributed by atoms with Gasteiger partial charge in [0.2, 0.25) is 0 Å². The molecule has 6 nitrogen and oxygen atoms in total. The Bertz CT molecular complexity index is 690. The van der Waals surface area contributed by atoms with Crippen LogP contribution in [0, 0.1) is 5.92 Å². The second-order valence-electron chi connectivity index (χ2n) is 7.27. The number of rotatable bonds is 5. The first-order valence-corrected chi connectivity index (χ1v) is 9.37. The predicted molar refractivity (Wildman–Crippen MR) is 101 cm³/mol.